The van der Waals surface area contributed by atoms with E-state index in [9.17, 15) is 14.9 Å². The second-order valence-electron chi connectivity index (χ2n) is 4.86. The van der Waals surface area contributed by atoms with Gasteiger partial charge in [-0.2, -0.15) is 0 Å². The van der Waals surface area contributed by atoms with Crippen molar-refractivity contribution < 1.29 is 9.72 Å². The number of amides is 1. The SMILES string of the molecule is CC(CNC(=O)c1cc([N+](=O)[O-])cn1C)NC1=NCCN1.Cl. The van der Waals surface area contributed by atoms with Gasteiger partial charge in [0.25, 0.3) is 11.6 Å². The van der Waals surface area contributed by atoms with Gasteiger partial charge in [-0.25, -0.2) is 0 Å². The lowest BCUT2D eigenvalue weighted by Crippen LogP contribution is -2.45. The van der Waals surface area contributed by atoms with E-state index in [1.807, 2.05) is 6.92 Å². The minimum absolute atomic E-state index is 0. The first-order chi connectivity index (χ1) is 9.97. The quantitative estimate of drug-likeness (QED) is 0.520. The minimum Gasteiger partial charge on any atom is -0.355 e. The first-order valence-electron chi connectivity index (χ1n) is 6.61. The number of aromatic nitrogens is 1. The summed E-state index contributed by atoms with van der Waals surface area (Å²) in [6.07, 6.45) is 1.31. The fraction of sp³-hybridized carbons (Fsp3) is 0.500. The average molecular weight is 331 g/mol. The number of nitro groups is 1. The second-order valence-corrected chi connectivity index (χ2v) is 4.86. The van der Waals surface area contributed by atoms with E-state index in [0.29, 0.717) is 6.54 Å². The second kappa shape index (κ2) is 7.64. The Morgan fingerprint density at radius 1 is 1.64 bits per heavy atom. The van der Waals surface area contributed by atoms with E-state index < -0.39 is 4.92 Å². The molecule has 1 aromatic rings. The van der Waals surface area contributed by atoms with Gasteiger partial charge in [0.2, 0.25) is 0 Å². The molecule has 1 amide bonds. The summed E-state index contributed by atoms with van der Waals surface area (Å²) in [5.41, 5.74) is 0.156. The summed E-state index contributed by atoms with van der Waals surface area (Å²) in [5, 5.41) is 19.6. The van der Waals surface area contributed by atoms with E-state index in [4.69, 9.17) is 0 Å². The van der Waals surface area contributed by atoms with E-state index in [1.165, 1.54) is 16.8 Å². The number of carbonyl (C=O) groups is 1. The van der Waals surface area contributed by atoms with Crippen LogP contribution in [0.15, 0.2) is 17.3 Å². The van der Waals surface area contributed by atoms with Crippen LogP contribution in [-0.4, -0.2) is 47.0 Å². The molecular weight excluding hydrogens is 312 g/mol. The molecule has 22 heavy (non-hydrogen) atoms. The predicted molar refractivity (Wildman–Crippen MR) is 84.6 cm³/mol. The van der Waals surface area contributed by atoms with E-state index in [2.05, 4.69) is 20.9 Å². The van der Waals surface area contributed by atoms with Crippen LogP contribution >= 0.6 is 12.4 Å². The number of hydrogen-bond donors (Lipinski definition) is 3. The normalized spacial score (nSPS) is 14.4. The third-order valence-corrected chi connectivity index (χ3v) is 3.06. The molecule has 2 rings (SSSR count). The van der Waals surface area contributed by atoms with Gasteiger partial charge in [0.05, 0.1) is 17.7 Å². The van der Waals surface area contributed by atoms with Crippen molar-refractivity contribution in [1.29, 1.82) is 0 Å². The minimum atomic E-state index is -0.523. The van der Waals surface area contributed by atoms with Crippen molar-refractivity contribution >= 4 is 30.0 Å². The molecule has 9 nitrogen and oxygen atoms in total. The number of carbonyl (C=O) groups excluding carboxylic acids is 1. The Labute approximate surface area is 133 Å². The van der Waals surface area contributed by atoms with Crippen molar-refractivity contribution in [2.24, 2.45) is 12.0 Å². The molecule has 0 fully saturated rings. The zero-order chi connectivity index (χ0) is 15.4. The maximum atomic E-state index is 12.0. The van der Waals surface area contributed by atoms with Crippen LogP contribution in [0, 0.1) is 10.1 Å². The maximum absolute atomic E-state index is 12.0. The summed E-state index contributed by atoms with van der Waals surface area (Å²) in [5.74, 6) is 0.381. The Morgan fingerprint density at radius 3 is 2.91 bits per heavy atom. The molecule has 3 N–H and O–H groups in total. The van der Waals surface area contributed by atoms with Crippen molar-refractivity contribution in [3.05, 3.63) is 28.1 Å². The number of aliphatic imine (C=N–C) groups is 1. The van der Waals surface area contributed by atoms with Gasteiger partial charge in [-0.15, -0.1) is 12.4 Å². The molecule has 1 aliphatic heterocycles. The number of hydrogen-bond acceptors (Lipinski definition) is 6. The Bertz CT molecular complexity index is 585. The maximum Gasteiger partial charge on any atom is 0.287 e. The lowest BCUT2D eigenvalue weighted by molar-refractivity contribution is -0.384. The number of nitrogens with one attached hydrogen (secondary N) is 3. The van der Waals surface area contributed by atoms with Crippen molar-refractivity contribution in [3.8, 4) is 0 Å². The molecule has 0 saturated carbocycles. The highest BCUT2D eigenvalue weighted by molar-refractivity contribution is 5.93. The smallest absolute Gasteiger partial charge is 0.287 e. The monoisotopic (exact) mass is 330 g/mol. The summed E-state index contributed by atoms with van der Waals surface area (Å²) in [4.78, 5) is 26.4. The molecule has 1 aromatic heterocycles. The van der Waals surface area contributed by atoms with Crippen LogP contribution < -0.4 is 16.0 Å². The van der Waals surface area contributed by atoms with Gasteiger partial charge >= 0.3 is 0 Å². The molecule has 0 aliphatic carbocycles. The lowest BCUT2D eigenvalue weighted by Gasteiger charge is -2.15. The number of guanidine groups is 1. The third kappa shape index (κ3) is 4.35. The van der Waals surface area contributed by atoms with E-state index in [-0.39, 0.29) is 35.7 Å². The lowest BCUT2D eigenvalue weighted by atomic mass is 10.3. The summed E-state index contributed by atoms with van der Waals surface area (Å²) in [6.45, 7) is 3.86. The molecule has 0 bridgehead atoms. The summed E-state index contributed by atoms with van der Waals surface area (Å²) in [6, 6.07) is 1.25. The van der Waals surface area contributed by atoms with E-state index >= 15 is 0 Å². The highest BCUT2D eigenvalue weighted by Crippen LogP contribution is 2.14. The van der Waals surface area contributed by atoms with Crippen LogP contribution in [0.1, 0.15) is 17.4 Å². The highest BCUT2D eigenvalue weighted by Gasteiger charge is 2.18. The fourth-order valence-electron chi connectivity index (χ4n) is 1.99. The van der Waals surface area contributed by atoms with E-state index in [1.54, 1.807) is 7.05 Å². The molecule has 1 atom stereocenters. The van der Waals surface area contributed by atoms with Gasteiger partial charge < -0.3 is 20.5 Å². The molecule has 0 aromatic carbocycles. The van der Waals surface area contributed by atoms with Crippen LogP contribution in [0.25, 0.3) is 0 Å². The number of halogens is 1. The number of aryl methyl sites for hydroxylation is 1. The largest absolute Gasteiger partial charge is 0.355 e. The molecule has 1 unspecified atom stereocenters. The van der Waals surface area contributed by atoms with Crippen molar-refractivity contribution in [1.82, 2.24) is 20.5 Å². The van der Waals surface area contributed by atoms with Crippen LogP contribution in [0.5, 0.6) is 0 Å². The zero-order valence-corrected chi connectivity index (χ0v) is 13.1. The average Bonchev–Trinajstić information content (AvgIpc) is 3.05. The van der Waals surface area contributed by atoms with Crippen LogP contribution in [-0.2, 0) is 7.05 Å². The van der Waals surface area contributed by atoms with Gasteiger partial charge in [0.1, 0.15) is 5.69 Å². The van der Waals surface area contributed by atoms with Gasteiger partial charge in [-0.05, 0) is 6.92 Å². The number of rotatable bonds is 5. The molecule has 0 radical (unpaired) electrons. The Hall–Kier alpha value is -2.29. The fourth-order valence-corrected chi connectivity index (χ4v) is 1.99. The first kappa shape index (κ1) is 17.8. The molecular formula is C12H19ClN6O3. The predicted octanol–water partition coefficient (Wildman–Crippen LogP) is 0.0222. The summed E-state index contributed by atoms with van der Waals surface area (Å²) < 4.78 is 1.44. The van der Waals surface area contributed by atoms with Crippen molar-refractivity contribution in [2.45, 2.75) is 13.0 Å². The topological polar surface area (TPSA) is 114 Å². The third-order valence-electron chi connectivity index (χ3n) is 3.06. The molecule has 2 heterocycles. The highest BCUT2D eigenvalue weighted by atomic mass is 35.5. The first-order valence-corrected chi connectivity index (χ1v) is 6.61. The molecule has 122 valence electrons. The Kier molecular flexibility index (Phi) is 6.17. The zero-order valence-electron chi connectivity index (χ0n) is 12.3. The van der Waals surface area contributed by atoms with Gasteiger partial charge in [-0.1, -0.05) is 0 Å². The molecule has 1 aliphatic rings. The van der Waals surface area contributed by atoms with Crippen LogP contribution in [0.4, 0.5) is 5.69 Å². The molecule has 10 heteroatoms. The van der Waals surface area contributed by atoms with Crippen LogP contribution in [0.3, 0.4) is 0 Å². The van der Waals surface area contributed by atoms with Gasteiger partial charge in [0.15, 0.2) is 5.96 Å². The summed E-state index contributed by atoms with van der Waals surface area (Å²) in [7, 11) is 1.60. The van der Waals surface area contributed by atoms with Crippen molar-refractivity contribution in [2.75, 3.05) is 19.6 Å². The number of nitrogens with zero attached hydrogens (tertiary/aromatic N) is 3. The van der Waals surface area contributed by atoms with E-state index in [0.717, 1.165) is 19.0 Å². The standard InChI is InChI=1S/C12H18N6O3.ClH/c1-8(16-12-13-3-4-14-12)6-15-11(19)10-5-9(18(20)21)7-17(10)2;/h5,7-8H,3-4,6H2,1-2H3,(H,15,19)(H2,13,14,16);1H. The Morgan fingerprint density at radius 2 is 2.36 bits per heavy atom. The van der Waals surface area contributed by atoms with Crippen molar-refractivity contribution in [3.63, 3.8) is 0 Å². The summed E-state index contributed by atoms with van der Waals surface area (Å²) >= 11 is 0. The van der Waals surface area contributed by atoms with Gasteiger partial charge in [-0.3, -0.25) is 19.9 Å². The van der Waals surface area contributed by atoms with Crippen LogP contribution in [0.2, 0.25) is 0 Å². The Balaban J connectivity index is 0.00000242. The molecule has 0 spiro atoms. The molecule has 0 saturated heterocycles. The van der Waals surface area contributed by atoms with Gasteiger partial charge in [0, 0.05) is 32.2 Å².